The predicted molar refractivity (Wildman–Crippen MR) is 65.7 cm³/mol. The highest BCUT2D eigenvalue weighted by atomic mass is 127. The molecule has 2 aliphatic rings. The number of carbonyl (C=O) groups is 1. The van der Waals surface area contributed by atoms with Crippen molar-refractivity contribution in [3.63, 3.8) is 0 Å². The summed E-state index contributed by atoms with van der Waals surface area (Å²) in [6, 6.07) is 0. The van der Waals surface area contributed by atoms with Crippen LogP contribution in [-0.4, -0.2) is 53.8 Å². The van der Waals surface area contributed by atoms with Gasteiger partial charge in [0.1, 0.15) is 0 Å². The summed E-state index contributed by atoms with van der Waals surface area (Å²) in [4.78, 5) is 13.8. The van der Waals surface area contributed by atoms with Gasteiger partial charge in [0.25, 0.3) is 0 Å². The summed E-state index contributed by atoms with van der Waals surface area (Å²) in [5.41, 5.74) is 0.364. The van der Waals surface area contributed by atoms with Crippen LogP contribution in [0.25, 0.3) is 0 Å². The lowest BCUT2D eigenvalue weighted by molar-refractivity contribution is -0.129. The molecule has 4 nitrogen and oxygen atoms in total. The molecule has 1 saturated carbocycles. The summed E-state index contributed by atoms with van der Waals surface area (Å²) in [6.45, 7) is 4.29. The molecule has 15 heavy (non-hydrogen) atoms. The summed E-state index contributed by atoms with van der Waals surface area (Å²) in [5.74, 6) is 0.232. The average molecular weight is 324 g/mol. The third-order valence-corrected chi connectivity index (χ3v) is 4.23. The van der Waals surface area contributed by atoms with Crippen molar-refractivity contribution in [1.82, 2.24) is 8.01 Å². The Morgan fingerprint density at radius 3 is 2.73 bits per heavy atom. The minimum absolute atomic E-state index is 0.232. The van der Waals surface area contributed by atoms with E-state index in [0.29, 0.717) is 12.0 Å². The fraction of sp³-hybridized carbons (Fsp3) is 0.900. The first-order valence-electron chi connectivity index (χ1n) is 5.33. The van der Waals surface area contributed by atoms with Crippen LogP contribution in [0.5, 0.6) is 0 Å². The number of piperazine rings is 1. The Kier molecular flexibility index (Phi) is 3.52. The van der Waals surface area contributed by atoms with Crippen LogP contribution in [0.3, 0.4) is 0 Å². The van der Waals surface area contributed by atoms with Gasteiger partial charge in [0.05, 0.1) is 36.0 Å². The largest absolute Gasteiger partial charge is 0.384 e. The van der Waals surface area contributed by atoms with Gasteiger partial charge in [-0.25, -0.2) is 0 Å². The Bertz CT molecular complexity index is 256. The molecule has 0 N–H and O–H groups in total. The SMILES string of the molecule is COCC1(CN2CCN(I)C(=O)C2)CC1. The number of amides is 1. The second-order valence-electron chi connectivity index (χ2n) is 4.62. The Labute approximate surface area is 104 Å². The third-order valence-electron chi connectivity index (χ3n) is 3.21. The number of rotatable bonds is 4. The molecule has 2 rings (SSSR count). The Balaban J connectivity index is 1.83. The minimum atomic E-state index is 0.232. The third kappa shape index (κ3) is 2.82. The Hall–Kier alpha value is 0.120. The number of hydrogen-bond acceptors (Lipinski definition) is 3. The quantitative estimate of drug-likeness (QED) is 0.569. The van der Waals surface area contributed by atoms with Crippen molar-refractivity contribution in [3.8, 4) is 0 Å². The van der Waals surface area contributed by atoms with Crippen molar-refractivity contribution in [1.29, 1.82) is 0 Å². The van der Waals surface area contributed by atoms with Crippen molar-refractivity contribution in [2.24, 2.45) is 5.41 Å². The summed E-state index contributed by atoms with van der Waals surface area (Å²) < 4.78 is 7.02. The van der Waals surface area contributed by atoms with E-state index in [1.807, 2.05) is 0 Å². The van der Waals surface area contributed by atoms with Gasteiger partial charge < -0.3 is 4.74 Å². The lowest BCUT2D eigenvalue weighted by Crippen LogP contribution is -2.48. The highest BCUT2D eigenvalue weighted by Gasteiger charge is 2.44. The summed E-state index contributed by atoms with van der Waals surface area (Å²) in [7, 11) is 1.76. The van der Waals surface area contributed by atoms with Gasteiger partial charge in [-0.1, -0.05) is 0 Å². The van der Waals surface area contributed by atoms with Gasteiger partial charge in [0.15, 0.2) is 0 Å². The van der Waals surface area contributed by atoms with Crippen LogP contribution in [0.15, 0.2) is 0 Å². The Morgan fingerprint density at radius 1 is 1.47 bits per heavy atom. The van der Waals surface area contributed by atoms with Crippen molar-refractivity contribution >= 4 is 28.8 Å². The second kappa shape index (κ2) is 4.55. The molecule has 1 saturated heterocycles. The molecule has 2 fully saturated rings. The molecule has 1 amide bonds. The molecule has 0 spiro atoms. The molecule has 0 aromatic heterocycles. The Morgan fingerprint density at radius 2 is 2.20 bits per heavy atom. The molecule has 0 unspecified atom stereocenters. The van der Waals surface area contributed by atoms with Crippen LogP contribution in [-0.2, 0) is 9.53 Å². The maximum Gasteiger partial charge on any atom is 0.245 e. The maximum absolute atomic E-state index is 11.5. The monoisotopic (exact) mass is 324 g/mol. The molecule has 1 aliphatic heterocycles. The van der Waals surface area contributed by atoms with Gasteiger partial charge in [-0.15, -0.1) is 0 Å². The van der Waals surface area contributed by atoms with E-state index in [1.165, 1.54) is 12.8 Å². The zero-order valence-corrected chi connectivity index (χ0v) is 11.2. The van der Waals surface area contributed by atoms with Gasteiger partial charge in [-0.3, -0.25) is 12.8 Å². The van der Waals surface area contributed by atoms with Crippen LogP contribution in [0.1, 0.15) is 12.8 Å². The highest BCUT2D eigenvalue weighted by Crippen LogP contribution is 2.46. The van der Waals surface area contributed by atoms with E-state index >= 15 is 0 Å². The van der Waals surface area contributed by atoms with Crippen LogP contribution in [0.2, 0.25) is 0 Å². The number of hydrogen-bond donors (Lipinski definition) is 0. The van der Waals surface area contributed by atoms with Gasteiger partial charge in [-0.2, -0.15) is 0 Å². The molecular weight excluding hydrogens is 307 g/mol. The van der Waals surface area contributed by atoms with E-state index in [9.17, 15) is 4.79 Å². The average Bonchev–Trinajstić information content (AvgIpc) is 2.92. The molecule has 0 atom stereocenters. The van der Waals surface area contributed by atoms with E-state index in [4.69, 9.17) is 4.74 Å². The van der Waals surface area contributed by atoms with E-state index in [1.54, 1.807) is 10.2 Å². The summed E-state index contributed by atoms with van der Waals surface area (Å²) in [6.07, 6.45) is 2.50. The van der Waals surface area contributed by atoms with E-state index in [0.717, 1.165) is 26.2 Å². The first kappa shape index (κ1) is 11.6. The van der Waals surface area contributed by atoms with Crippen molar-refractivity contribution in [3.05, 3.63) is 0 Å². The van der Waals surface area contributed by atoms with E-state index in [2.05, 4.69) is 27.8 Å². The van der Waals surface area contributed by atoms with Crippen molar-refractivity contribution in [2.75, 3.05) is 39.9 Å². The zero-order chi connectivity index (χ0) is 10.9. The molecule has 0 radical (unpaired) electrons. The van der Waals surface area contributed by atoms with Gasteiger partial charge in [0.2, 0.25) is 5.91 Å². The second-order valence-corrected chi connectivity index (χ2v) is 5.79. The molecule has 86 valence electrons. The van der Waals surface area contributed by atoms with E-state index < -0.39 is 0 Å². The molecule has 0 aromatic carbocycles. The molecular formula is C10H17IN2O2. The van der Waals surface area contributed by atoms with Crippen molar-refractivity contribution in [2.45, 2.75) is 12.8 Å². The van der Waals surface area contributed by atoms with E-state index in [-0.39, 0.29) is 5.91 Å². The lowest BCUT2D eigenvalue weighted by atomic mass is 10.1. The number of nitrogens with zero attached hydrogens (tertiary/aromatic N) is 2. The molecule has 1 heterocycles. The normalized spacial score (nSPS) is 25.7. The fourth-order valence-corrected chi connectivity index (χ4v) is 2.51. The fourth-order valence-electron chi connectivity index (χ4n) is 2.14. The number of ether oxygens (including phenoxy) is 1. The zero-order valence-electron chi connectivity index (χ0n) is 9.04. The number of carbonyl (C=O) groups excluding carboxylic acids is 1. The molecule has 0 bridgehead atoms. The standard InChI is InChI=1S/C10H17IN2O2/c1-15-8-10(2-3-10)7-12-4-5-13(11)9(14)6-12/h2-8H2,1H3. The maximum atomic E-state index is 11.5. The smallest absolute Gasteiger partial charge is 0.245 e. The van der Waals surface area contributed by atoms with Crippen molar-refractivity contribution < 1.29 is 9.53 Å². The minimum Gasteiger partial charge on any atom is -0.384 e. The molecule has 0 aromatic rings. The highest BCUT2D eigenvalue weighted by molar-refractivity contribution is 14.1. The van der Waals surface area contributed by atoms with Crippen LogP contribution in [0.4, 0.5) is 0 Å². The van der Waals surface area contributed by atoms with Gasteiger partial charge in [-0.05, 0) is 12.8 Å². The molecule has 5 heteroatoms. The first-order chi connectivity index (χ1) is 7.15. The predicted octanol–water partition coefficient (Wildman–Crippen LogP) is 0.907. The first-order valence-corrected chi connectivity index (χ1v) is 6.29. The lowest BCUT2D eigenvalue weighted by Gasteiger charge is -2.33. The summed E-state index contributed by atoms with van der Waals surface area (Å²) in [5, 5.41) is 0. The number of methoxy groups -OCH3 is 1. The topological polar surface area (TPSA) is 32.8 Å². The van der Waals surface area contributed by atoms with Crippen LogP contribution < -0.4 is 0 Å². The summed E-state index contributed by atoms with van der Waals surface area (Å²) >= 11 is 2.09. The molecule has 1 aliphatic carbocycles. The van der Waals surface area contributed by atoms with Crippen LogP contribution in [0, 0.1) is 5.41 Å². The van der Waals surface area contributed by atoms with Crippen LogP contribution >= 0.6 is 22.9 Å². The number of halogens is 1. The van der Waals surface area contributed by atoms with Gasteiger partial charge >= 0.3 is 0 Å². The van der Waals surface area contributed by atoms with Gasteiger partial charge in [0, 0.05) is 32.2 Å².